The summed E-state index contributed by atoms with van der Waals surface area (Å²) in [5.74, 6) is -1.50. The van der Waals surface area contributed by atoms with Crippen molar-refractivity contribution in [3.63, 3.8) is 0 Å². The normalized spacial score (nSPS) is 9.58. The van der Waals surface area contributed by atoms with E-state index in [2.05, 4.69) is 0 Å². The molecule has 0 aromatic rings. The molecule has 0 radical (unpaired) electrons. The molecule has 0 fully saturated rings. The second kappa shape index (κ2) is 16.9. The van der Waals surface area contributed by atoms with E-state index in [0.29, 0.717) is 6.42 Å². The Morgan fingerprint density at radius 1 is 0.789 bits per heavy atom. The standard InChI is InChI=1S/C12H25NO2.C2H4O2/c13-11-9-7-5-3-1-2-4-6-8-10-12(14)15;1-2(3)4/h1-11,13H2,(H,14,15);1H3,(H,3,4). The lowest BCUT2D eigenvalue weighted by molar-refractivity contribution is -0.137. The number of aliphatic carboxylic acids is 2. The average Bonchev–Trinajstić information content (AvgIpc) is 2.30. The van der Waals surface area contributed by atoms with E-state index in [9.17, 15) is 4.79 Å². The number of hydrogen-bond acceptors (Lipinski definition) is 3. The molecule has 0 unspecified atom stereocenters. The van der Waals surface area contributed by atoms with Crippen LogP contribution in [0, 0.1) is 0 Å². The highest BCUT2D eigenvalue weighted by atomic mass is 16.4. The molecule has 0 bridgehead atoms. The van der Waals surface area contributed by atoms with Crippen molar-refractivity contribution in [2.24, 2.45) is 5.73 Å². The third-order valence-electron chi connectivity index (χ3n) is 2.59. The second-order valence-corrected chi connectivity index (χ2v) is 4.63. The lowest BCUT2D eigenvalue weighted by Crippen LogP contribution is -1.97. The zero-order valence-corrected chi connectivity index (χ0v) is 12.1. The average molecular weight is 275 g/mol. The van der Waals surface area contributed by atoms with Crippen molar-refractivity contribution in [2.75, 3.05) is 6.54 Å². The summed E-state index contributed by atoms with van der Waals surface area (Å²) in [6.45, 7) is 1.90. The molecule has 0 saturated heterocycles. The van der Waals surface area contributed by atoms with Gasteiger partial charge in [-0.1, -0.05) is 44.9 Å². The van der Waals surface area contributed by atoms with Crippen LogP contribution in [-0.4, -0.2) is 28.7 Å². The van der Waals surface area contributed by atoms with Gasteiger partial charge in [-0.2, -0.15) is 0 Å². The van der Waals surface area contributed by atoms with Gasteiger partial charge in [0, 0.05) is 13.3 Å². The quantitative estimate of drug-likeness (QED) is 0.503. The molecule has 0 spiro atoms. The summed E-state index contributed by atoms with van der Waals surface area (Å²) >= 11 is 0. The van der Waals surface area contributed by atoms with Crippen molar-refractivity contribution in [1.82, 2.24) is 0 Å². The molecule has 0 atom stereocenters. The van der Waals surface area contributed by atoms with Crippen molar-refractivity contribution in [1.29, 1.82) is 0 Å². The Kier molecular flexibility index (Phi) is 18.0. The first kappa shape index (κ1) is 20.2. The van der Waals surface area contributed by atoms with Crippen LogP contribution < -0.4 is 5.73 Å². The minimum Gasteiger partial charge on any atom is -0.481 e. The molecule has 5 heteroatoms. The molecule has 0 rings (SSSR count). The molecule has 4 N–H and O–H groups in total. The van der Waals surface area contributed by atoms with Gasteiger partial charge < -0.3 is 15.9 Å². The lowest BCUT2D eigenvalue weighted by atomic mass is 10.1. The van der Waals surface area contributed by atoms with Gasteiger partial charge in [0.15, 0.2) is 0 Å². The molecule has 0 aliphatic rings. The fourth-order valence-electron chi connectivity index (χ4n) is 1.66. The van der Waals surface area contributed by atoms with Gasteiger partial charge in [0.1, 0.15) is 0 Å². The van der Waals surface area contributed by atoms with E-state index in [0.717, 1.165) is 32.7 Å². The summed E-state index contributed by atoms with van der Waals surface area (Å²) in [7, 11) is 0. The van der Waals surface area contributed by atoms with E-state index >= 15 is 0 Å². The molecule has 5 nitrogen and oxygen atoms in total. The number of rotatable bonds is 11. The van der Waals surface area contributed by atoms with E-state index in [1.807, 2.05) is 0 Å². The number of unbranched alkanes of at least 4 members (excludes halogenated alkanes) is 8. The van der Waals surface area contributed by atoms with Gasteiger partial charge in [-0.25, -0.2) is 0 Å². The molecule has 0 aromatic heterocycles. The first-order chi connectivity index (χ1) is 9.00. The van der Waals surface area contributed by atoms with Gasteiger partial charge in [-0.05, 0) is 19.4 Å². The highest BCUT2D eigenvalue weighted by Crippen LogP contribution is 2.10. The van der Waals surface area contributed by atoms with Crippen LogP contribution >= 0.6 is 0 Å². The minimum atomic E-state index is -0.833. The second-order valence-electron chi connectivity index (χ2n) is 4.63. The predicted molar refractivity (Wildman–Crippen MR) is 76.2 cm³/mol. The summed E-state index contributed by atoms with van der Waals surface area (Å²) in [4.78, 5) is 19.2. The zero-order valence-electron chi connectivity index (χ0n) is 12.1. The van der Waals surface area contributed by atoms with Crippen LogP contribution in [-0.2, 0) is 9.59 Å². The van der Waals surface area contributed by atoms with Crippen LogP contribution in [0.25, 0.3) is 0 Å². The van der Waals surface area contributed by atoms with E-state index in [4.69, 9.17) is 20.7 Å². The van der Waals surface area contributed by atoms with E-state index < -0.39 is 11.9 Å². The zero-order chi connectivity index (χ0) is 14.9. The van der Waals surface area contributed by atoms with Crippen molar-refractivity contribution in [3.05, 3.63) is 0 Å². The van der Waals surface area contributed by atoms with Crippen LogP contribution in [0.15, 0.2) is 0 Å². The minimum absolute atomic E-state index is 0.330. The fourth-order valence-corrected chi connectivity index (χ4v) is 1.66. The summed E-state index contributed by atoms with van der Waals surface area (Å²) in [6.07, 6.45) is 11.0. The highest BCUT2D eigenvalue weighted by molar-refractivity contribution is 5.66. The van der Waals surface area contributed by atoms with Gasteiger partial charge in [0.2, 0.25) is 0 Å². The third-order valence-corrected chi connectivity index (χ3v) is 2.59. The maximum atomic E-state index is 10.2. The topological polar surface area (TPSA) is 101 Å². The van der Waals surface area contributed by atoms with E-state index in [-0.39, 0.29) is 0 Å². The van der Waals surface area contributed by atoms with Crippen molar-refractivity contribution in [2.45, 2.75) is 71.1 Å². The van der Waals surface area contributed by atoms with Crippen molar-refractivity contribution in [3.8, 4) is 0 Å². The lowest BCUT2D eigenvalue weighted by Gasteiger charge is -2.01. The Hall–Kier alpha value is -1.10. The number of carbonyl (C=O) groups is 2. The largest absolute Gasteiger partial charge is 0.481 e. The van der Waals surface area contributed by atoms with Gasteiger partial charge in [-0.15, -0.1) is 0 Å². The van der Waals surface area contributed by atoms with E-state index in [1.54, 1.807) is 0 Å². The Balaban J connectivity index is 0. The van der Waals surface area contributed by atoms with Crippen LogP contribution in [0.5, 0.6) is 0 Å². The highest BCUT2D eigenvalue weighted by Gasteiger charge is 1.96. The van der Waals surface area contributed by atoms with Crippen LogP contribution in [0.1, 0.15) is 71.1 Å². The maximum Gasteiger partial charge on any atom is 0.303 e. The molecule has 19 heavy (non-hydrogen) atoms. The van der Waals surface area contributed by atoms with Gasteiger partial charge in [0.25, 0.3) is 5.97 Å². The van der Waals surface area contributed by atoms with Gasteiger partial charge in [-0.3, -0.25) is 9.59 Å². The predicted octanol–water partition coefficient (Wildman–Crippen LogP) is 3.02. The maximum absolute atomic E-state index is 10.2. The molecular weight excluding hydrogens is 246 g/mol. The molecule has 0 saturated carbocycles. The van der Waals surface area contributed by atoms with Gasteiger partial charge >= 0.3 is 5.97 Å². The van der Waals surface area contributed by atoms with Gasteiger partial charge in [0.05, 0.1) is 0 Å². The number of carboxylic acids is 2. The molecule has 0 aliphatic heterocycles. The van der Waals surface area contributed by atoms with Crippen molar-refractivity contribution < 1.29 is 19.8 Å². The third kappa shape index (κ3) is 31.6. The first-order valence-electron chi connectivity index (χ1n) is 7.12. The molecule has 0 amide bonds. The van der Waals surface area contributed by atoms with Crippen LogP contribution in [0.4, 0.5) is 0 Å². The number of hydrogen-bond donors (Lipinski definition) is 3. The first-order valence-corrected chi connectivity index (χ1v) is 7.12. The number of nitrogens with two attached hydrogens (primary N) is 1. The Morgan fingerprint density at radius 2 is 1.11 bits per heavy atom. The molecule has 0 aliphatic carbocycles. The Bertz CT molecular complexity index is 215. The summed E-state index contributed by atoms with van der Waals surface area (Å²) in [6, 6.07) is 0. The molecule has 114 valence electrons. The SMILES string of the molecule is CC(=O)O.NCCCCCCCCCCCC(=O)O. The van der Waals surface area contributed by atoms with Crippen molar-refractivity contribution >= 4 is 11.9 Å². The summed E-state index contributed by atoms with van der Waals surface area (Å²) in [5.41, 5.74) is 5.40. The van der Waals surface area contributed by atoms with Crippen LogP contribution in [0.2, 0.25) is 0 Å². The Morgan fingerprint density at radius 3 is 1.42 bits per heavy atom. The monoisotopic (exact) mass is 275 g/mol. The van der Waals surface area contributed by atoms with E-state index in [1.165, 1.54) is 38.5 Å². The Labute approximate surface area is 116 Å². The van der Waals surface area contributed by atoms with Crippen LogP contribution in [0.3, 0.4) is 0 Å². The molecular formula is C14H29NO4. The fraction of sp³-hybridized carbons (Fsp3) is 0.857. The molecule has 0 aromatic carbocycles. The smallest absolute Gasteiger partial charge is 0.303 e. The summed E-state index contributed by atoms with van der Waals surface area (Å²) < 4.78 is 0. The molecule has 0 heterocycles. The number of carboxylic acid groups (broad SMARTS) is 2. The summed E-state index contributed by atoms with van der Waals surface area (Å²) in [5, 5.41) is 15.8.